The molecule has 6 nitrogen and oxygen atoms in total. The Labute approximate surface area is 107 Å². The Morgan fingerprint density at radius 2 is 2.11 bits per heavy atom. The number of rotatable bonds is 5. The van der Waals surface area contributed by atoms with E-state index >= 15 is 0 Å². The fraction of sp³-hybridized carbons (Fsp3) is 0.583. The maximum Gasteiger partial charge on any atom is 0.311 e. The first kappa shape index (κ1) is 14.2. The van der Waals surface area contributed by atoms with Crippen LogP contribution in [0.4, 0.5) is 17.3 Å². The molecule has 0 amide bonds. The molecule has 0 aliphatic carbocycles. The van der Waals surface area contributed by atoms with E-state index in [4.69, 9.17) is 5.73 Å². The van der Waals surface area contributed by atoms with E-state index in [9.17, 15) is 10.1 Å². The van der Waals surface area contributed by atoms with E-state index in [-0.39, 0.29) is 16.9 Å². The van der Waals surface area contributed by atoms with Gasteiger partial charge in [0.1, 0.15) is 5.82 Å². The Bertz CT molecular complexity index is 444. The molecule has 0 saturated carbocycles. The highest BCUT2D eigenvalue weighted by Crippen LogP contribution is 2.27. The maximum absolute atomic E-state index is 10.6. The monoisotopic (exact) mass is 252 g/mol. The molecule has 100 valence electrons. The molecule has 1 aromatic heterocycles. The number of nitrogens with two attached hydrogens (primary N) is 1. The molecule has 6 heteroatoms. The summed E-state index contributed by atoms with van der Waals surface area (Å²) in [6.45, 7) is 9.34. The minimum absolute atomic E-state index is 0.0626. The van der Waals surface area contributed by atoms with Crippen molar-refractivity contribution in [3.8, 4) is 0 Å². The number of nitro groups is 1. The molecule has 18 heavy (non-hydrogen) atoms. The van der Waals surface area contributed by atoms with Crippen molar-refractivity contribution >= 4 is 17.3 Å². The van der Waals surface area contributed by atoms with Gasteiger partial charge in [-0.1, -0.05) is 27.7 Å². The Balaban J connectivity index is 2.76. The van der Waals surface area contributed by atoms with Gasteiger partial charge in [0, 0.05) is 12.6 Å². The molecule has 1 aromatic rings. The first-order valence-electron chi connectivity index (χ1n) is 5.89. The minimum atomic E-state index is -0.538. The average molecular weight is 252 g/mol. The first-order chi connectivity index (χ1) is 8.24. The Morgan fingerprint density at radius 1 is 1.50 bits per heavy atom. The van der Waals surface area contributed by atoms with Crippen LogP contribution < -0.4 is 11.1 Å². The normalized spacial score (nSPS) is 11.6. The second-order valence-corrected chi connectivity index (χ2v) is 5.35. The summed E-state index contributed by atoms with van der Waals surface area (Å²) < 4.78 is 0. The van der Waals surface area contributed by atoms with Crippen LogP contribution in [0.3, 0.4) is 0 Å². The van der Waals surface area contributed by atoms with E-state index in [0.29, 0.717) is 11.7 Å². The number of hydrogen-bond donors (Lipinski definition) is 2. The third kappa shape index (κ3) is 3.32. The lowest BCUT2D eigenvalue weighted by Crippen LogP contribution is -2.28. The van der Waals surface area contributed by atoms with Gasteiger partial charge in [-0.05, 0) is 17.4 Å². The minimum Gasteiger partial charge on any atom is -0.378 e. The highest BCUT2D eigenvalue weighted by molar-refractivity contribution is 5.57. The molecule has 0 aromatic carbocycles. The van der Waals surface area contributed by atoms with Crippen molar-refractivity contribution in [1.29, 1.82) is 0 Å². The summed E-state index contributed by atoms with van der Waals surface area (Å²) in [6.07, 6.45) is 0. The summed E-state index contributed by atoms with van der Waals surface area (Å²) in [5, 5.41) is 13.8. The van der Waals surface area contributed by atoms with Crippen molar-refractivity contribution in [2.75, 3.05) is 17.6 Å². The zero-order valence-electron chi connectivity index (χ0n) is 11.2. The highest BCUT2D eigenvalue weighted by Gasteiger charge is 2.22. The largest absolute Gasteiger partial charge is 0.378 e. The molecular weight excluding hydrogens is 232 g/mol. The van der Waals surface area contributed by atoms with E-state index in [1.54, 1.807) is 6.07 Å². The van der Waals surface area contributed by atoms with Gasteiger partial charge in [0.05, 0.1) is 4.92 Å². The molecule has 1 rings (SSSR count). The predicted octanol–water partition coefficient (Wildman–Crippen LogP) is 2.67. The van der Waals surface area contributed by atoms with Crippen LogP contribution in [-0.4, -0.2) is 16.5 Å². The molecule has 1 heterocycles. The molecule has 3 N–H and O–H groups in total. The number of hydrogen-bond acceptors (Lipinski definition) is 5. The number of pyridine rings is 1. The highest BCUT2D eigenvalue weighted by atomic mass is 16.6. The maximum atomic E-state index is 10.6. The van der Waals surface area contributed by atoms with Crippen molar-refractivity contribution in [2.45, 2.75) is 27.7 Å². The molecule has 0 unspecified atom stereocenters. The Kier molecular flexibility index (Phi) is 4.11. The van der Waals surface area contributed by atoms with Crippen LogP contribution in [0.15, 0.2) is 12.1 Å². The van der Waals surface area contributed by atoms with Gasteiger partial charge in [-0.25, -0.2) is 4.98 Å². The van der Waals surface area contributed by atoms with Crippen molar-refractivity contribution in [1.82, 2.24) is 4.98 Å². The van der Waals surface area contributed by atoms with Gasteiger partial charge in [-0.2, -0.15) is 0 Å². The van der Waals surface area contributed by atoms with Crippen LogP contribution in [0.25, 0.3) is 0 Å². The smallest absolute Gasteiger partial charge is 0.311 e. The summed E-state index contributed by atoms with van der Waals surface area (Å²) in [6, 6.07) is 2.94. The Morgan fingerprint density at radius 3 is 2.56 bits per heavy atom. The molecule has 0 aliphatic rings. The molecule has 0 radical (unpaired) electrons. The van der Waals surface area contributed by atoms with Crippen LogP contribution in [-0.2, 0) is 0 Å². The SMILES string of the molecule is CC(C)C(C)(C)CNc1ccc([N+](=O)[O-])c(N)n1. The van der Waals surface area contributed by atoms with E-state index in [1.165, 1.54) is 6.07 Å². The second-order valence-electron chi connectivity index (χ2n) is 5.35. The number of nitrogens with zero attached hydrogens (tertiary/aromatic N) is 2. The lowest BCUT2D eigenvalue weighted by atomic mass is 9.81. The first-order valence-corrected chi connectivity index (χ1v) is 5.89. The summed E-state index contributed by atoms with van der Waals surface area (Å²) >= 11 is 0. The molecule has 0 saturated heterocycles. The molecule has 0 spiro atoms. The van der Waals surface area contributed by atoms with Crippen LogP contribution in [0.5, 0.6) is 0 Å². The van der Waals surface area contributed by atoms with E-state index < -0.39 is 4.92 Å². The third-order valence-electron chi connectivity index (χ3n) is 3.39. The van der Waals surface area contributed by atoms with Crippen molar-refractivity contribution in [3.05, 3.63) is 22.2 Å². The number of nitrogens with one attached hydrogen (secondary N) is 1. The molecule has 0 bridgehead atoms. The van der Waals surface area contributed by atoms with E-state index in [2.05, 4.69) is 38.0 Å². The molecule has 0 fully saturated rings. The van der Waals surface area contributed by atoms with Crippen LogP contribution in [0.1, 0.15) is 27.7 Å². The summed E-state index contributed by atoms with van der Waals surface area (Å²) in [5.41, 5.74) is 5.47. The van der Waals surface area contributed by atoms with Crippen LogP contribution in [0, 0.1) is 21.4 Å². The lowest BCUT2D eigenvalue weighted by Gasteiger charge is -2.29. The summed E-state index contributed by atoms with van der Waals surface area (Å²) in [5.74, 6) is 1.01. The van der Waals surface area contributed by atoms with Gasteiger partial charge in [-0.15, -0.1) is 0 Å². The average Bonchev–Trinajstić information content (AvgIpc) is 2.25. The van der Waals surface area contributed by atoms with Gasteiger partial charge in [0.25, 0.3) is 0 Å². The topological polar surface area (TPSA) is 94.1 Å². The lowest BCUT2D eigenvalue weighted by molar-refractivity contribution is -0.384. The predicted molar refractivity (Wildman–Crippen MR) is 72.4 cm³/mol. The van der Waals surface area contributed by atoms with Gasteiger partial charge in [-0.3, -0.25) is 10.1 Å². The molecular formula is C12H20N4O2. The molecule has 0 atom stereocenters. The number of nitrogen functional groups attached to an aromatic ring is 1. The van der Waals surface area contributed by atoms with Crippen LogP contribution in [0.2, 0.25) is 0 Å². The fourth-order valence-corrected chi connectivity index (χ4v) is 1.24. The standard InChI is InChI=1S/C12H20N4O2/c1-8(2)12(3,4)7-14-10-6-5-9(16(17)18)11(13)15-10/h5-6,8H,7H2,1-4H3,(H3,13,14,15). The van der Waals surface area contributed by atoms with Gasteiger partial charge in [0.2, 0.25) is 5.82 Å². The third-order valence-corrected chi connectivity index (χ3v) is 3.39. The van der Waals surface area contributed by atoms with Gasteiger partial charge < -0.3 is 11.1 Å². The summed E-state index contributed by atoms with van der Waals surface area (Å²) in [7, 11) is 0. The van der Waals surface area contributed by atoms with Crippen molar-refractivity contribution in [2.24, 2.45) is 11.3 Å². The van der Waals surface area contributed by atoms with E-state index in [0.717, 1.165) is 6.54 Å². The van der Waals surface area contributed by atoms with Crippen molar-refractivity contribution < 1.29 is 4.92 Å². The number of anilines is 2. The fourth-order valence-electron chi connectivity index (χ4n) is 1.24. The van der Waals surface area contributed by atoms with Crippen LogP contribution >= 0.6 is 0 Å². The quantitative estimate of drug-likeness (QED) is 0.620. The van der Waals surface area contributed by atoms with Gasteiger partial charge >= 0.3 is 5.69 Å². The van der Waals surface area contributed by atoms with Gasteiger partial charge in [0.15, 0.2) is 0 Å². The second kappa shape index (κ2) is 5.20. The zero-order valence-corrected chi connectivity index (χ0v) is 11.2. The van der Waals surface area contributed by atoms with E-state index in [1.807, 2.05) is 0 Å². The number of aromatic nitrogens is 1. The summed E-state index contributed by atoms with van der Waals surface area (Å²) in [4.78, 5) is 14.0. The zero-order chi connectivity index (χ0) is 13.9. The van der Waals surface area contributed by atoms with Crippen molar-refractivity contribution in [3.63, 3.8) is 0 Å². The molecule has 0 aliphatic heterocycles. The Hall–Kier alpha value is -1.85.